The SMILES string of the molecule is COc1ccc(COC(=O)[C@H](CC(=O)OC2CCCC2)NS(=O)(=O)C=Cc2ccccc2)cc1. The lowest BCUT2D eigenvalue weighted by molar-refractivity contribution is -0.155. The summed E-state index contributed by atoms with van der Waals surface area (Å²) in [6, 6.07) is 14.3. The van der Waals surface area contributed by atoms with Gasteiger partial charge < -0.3 is 14.2 Å². The molecule has 34 heavy (non-hydrogen) atoms. The van der Waals surface area contributed by atoms with Crippen molar-refractivity contribution >= 4 is 28.0 Å². The minimum Gasteiger partial charge on any atom is -0.497 e. The molecule has 1 fully saturated rings. The predicted molar refractivity (Wildman–Crippen MR) is 127 cm³/mol. The van der Waals surface area contributed by atoms with E-state index >= 15 is 0 Å². The van der Waals surface area contributed by atoms with Gasteiger partial charge in [-0.15, -0.1) is 0 Å². The van der Waals surface area contributed by atoms with Crippen LogP contribution in [0.2, 0.25) is 0 Å². The van der Waals surface area contributed by atoms with Crippen LogP contribution in [0.3, 0.4) is 0 Å². The van der Waals surface area contributed by atoms with E-state index in [-0.39, 0.29) is 12.7 Å². The third-order valence-corrected chi connectivity index (χ3v) is 6.45. The third kappa shape index (κ3) is 8.31. The maximum Gasteiger partial charge on any atom is 0.325 e. The molecule has 2 aromatic carbocycles. The van der Waals surface area contributed by atoms with Gasteiger partial charge in [-0.3, -0.25) is 9.59 Å². The van der Waals surface area contributed by atoms with Crippen molar-refractivity contribution < 1.29 is 32.2 Å². The van der Waals surface area contributed by atoms with E-state index < -0.39 is 34.4 Å². The van der Waals surface area contributed by atoms with Gasteiger partial charge in [-0.05, 0) is 55.0 Å². The minimum absolute atomic E-state index is 0.0847. The van der Waals surface area contributed by atoms with Crippen LogP contribution in [-0.4, -0.2) is 39.6 Å². The summed E-state index contributed by atoms with van der Waals surface area (Å²) in [7, 11) is -2.50. The molecule has 0 saturated heterocycles. The number of ether oxygens (including phenoxy) is 3. The summed E-state index contributed by atoms with van der Waals surface area (Å²) in [4.78, 5) is 25.2. The number of nitrogens with one attached hydrogen (secondary N) is 1. The van der Waals surface area contributed by atoms with Crippen molar-refractivity contribution in [3.05, 3.63) is 71.1 Å². The third-order valence-electron chi connectivity index (χ3n) is 5.34. The van der Waals surface area contributed by atoms with Crippen LogP contribution in [0.4, 0.5) is 0 Å². The van der Waals surface area contributed by atoms with Crippen molar-refractivity contribution in [2.24, 2.45) is 0 Å². The van der Waals surface area contributed by atoms with Gasteiger partial charge in [0.05, 0.1) is 13.5 Å². The average molecular weight is 488 g/mol. The van der Waals surface area contributed by atoms with E-state index in [4.69, 9.17) is 14.2 Å². The van der Waals surface area contributed by atoms with Gasteiger partial charge in [0.25, 0.3) is 0 Å². The Morgan fingerprint density at radius 1 is 1.06 bits per heavy atom. The molecule has 0 aliphatic heterocycles. The molecular formula is C25H29NO7S. The van der Waals surface area contributed by atoms with Gasteiger partial charge >= 0.3 is 11.9 Å². The molecule has 182 valence electrons. The molecule has 9 heteroatoms. The van der Waals surface area contributed by atoms with Crippen LogP contribution in [0, 0.1) is 0 Å². The minimum atomic E-state index is -4.04. The zero-order valence-corrected chi connectivity index (χ0v) is 19.8. The molecule has 1 atom stereocenters. The van der Waals surface area contributed by atoms with Crippen LogP contribution >= 0.6 is 0 Å². The Labute approximate surface area is 200 Å². The van der Waals surface area contributed by atoms with Crippen molar-refractivity contribution in [1.29, 1.82) is 0 Å². The van der Waals surface area contributed by atoms with Crippen LogP contribution in [0.25, 0.3) is 6.08 Å². The summed E-state index contributed by atoms with van der Waals surface area (Å²) in [5.74, 6) is -0.857. The van der Waals surface area contributed by atoms with E-state index in [0.29, 0.717) is 16.9 Å². The summed E-state index contributed by atoms with van der Waals surface area (Å²) in [5, 5.41) is 0.953. The summed E-state index contributed by atoms with van der Waals surface area (Å²) < 4.78 is 43.3. The van der Waals surface area contributed by atoms with Crippen LogP contribution < -0.4 is 9.46 Å². The monoisotopic (exact) mass is 487 g/mol. The number of carbonyl (C=O) groups is 2. The fourth-order valence-electron chi connectivity index (χ4n) is 3.53. The second-order valence-corrected chi connectivity index (χ2v) is 9.58. The molecule has 0 bridgehead atoms. The number of hydrogen-bond donors (Lipinski definition) is 1. The molecule has 0 spiro atoms. The number of carbonyl (C=O) groups excluding carboxylic acids is 2. The Balaban J connectivity index is 1.67. The summed E-state index contributed by atoms with van der Waals surface area (Å²) in [5.41, 5.74) is 1.36. The van der Waals surface area contributed by atoms with Gasteiger partial charge in [-0.2, -0.15) is 4.72 Å². The van der Waals surface area contributed by atoms with Crippen LogP contribution in [0.15, 0.2) is 60.0 Å². The topological polar surface area (TPSA) is 108 Å². The molecule has 0 heterocycles. The number of hydrogen-bond acceptors (Lipinski definition) is 7. The Kier molecular flexibility index (Phi) is 9.24. The largest absolute Gasteiger partial charge is 0.497 e. The number of benzene rings is 2. The predicted octanol–water partition coefficient (Wildman–Crippen LogP) is 3.57. The van der Waals surface area contributed by atoms with Crippen molar-refractivity contribution in [3.8, 4) is 5.75 Å². The van der Waals surface area contributed by atoms with E-state index in [0.717, 1.165) is 31.1 Å². The lowest BCUT2D eigenvalue weighted by Gasteiger charge is -2.18. The summed E-state index contributed by atoms with van der Waals surface area (Å²) in [6.07, 6.45) is 4.23. The quantitative estimate of drug-likeness (QED) is 0.483. The fraction of sp³-hybridized carbons (Fsp3) is 0.360. The van der Waals surface area contributed by atoms with Gasteiger partial charge in [-0.1, -0.05) is 42.5 Å². The molecule has 0 aromatic heterocycles. The zero-order valence-electron chi connectivity index (χ0n) is 19.0. The van der Waals surface area contributed by atoms with Gasteiger partial charge in [0.15, 0.2) is 0 Å². The second-order valence-electron chi connectivity index (χ2n) is 7.99. The first-order valence-electron chi connectivity index (χ1n) is 11.1. The van der Waals surface area contributed by atoms with Gasteiger partial charge in [0.1, 0.15) is 24.5 Å². The molecule has 1 aliphatic carbocycles. The second kappa shape index (κ2) is 12.3. The van der Waals surface area contributed by atoms with Crippen molar-refractivity contribution in [3.63, 3.8) is 0 Å². The molecular weight excluding hydrogens is 458 g/mol. The van der Waals surface area contributed by atoms with Crippen molar-refractivity contribution in [1.82, 2.24) is 4.72 Å². The first-order chi connectivity index (χ1) is 16.3. The molecule has 1 N–H and O–H groups in total. The highest BCUT2D eigenvalue weighted by molar-refractivity contribution is 7.92. The average Bonchev–Trinajstić information content (AvgIpc) is 3.34. The van der Waals surface area contributed by atoms with E-state index in [9.17, 15) is 18.0 Å². The molecule has 2 aromatic rings. The van der Waals surface area contributed by atoms with E-state index in [1.807, 2.05) is 6.07 Å². The van der Waals surface area contributed by atoms with E-state index in [2.05, 4.69) is 4.72 Å². The number of rotatable bonds is 11. The highest BCUT2D eigenvalue weighted by atomic mass is 32.2. The molecule has 3 rings (SSSR count). The molecule has 8 nitrogen and oxygen atoms in total. The highest BCUT2D eigenvalue weighted by Crippen LogP contribution is 2.22. The smallest absolute Gasteiger partial charge is 0.325 e. The van der Waals surface area contributed by atoms with Gasteiger partial charge in [-0.25, -0.2) is 8.42 Å². The summed E-state index contributed by atoms with van der Waals surface area (Å²) >= 11 is 0. The molecule has 0 unspecified atom stereocenters. The number of sulfonamides is 1. The standard InChI is InChI=1S/C25H29NO7S/c1-31-21-13-11-20(12-14-21)18-32-25(28)23(17-24(27)33-22-9-5-6-10-22)26-34(29,30)16-15-19-7-3-2-4-8-19/h2-4,7-8,11-16,22-23,26H,5-6,9-10,17-18H2,1H3/t23-/m0/s1. The van der Waals surface area contributed by atoms with Gasteiger partial charge in [0.2, 0.25) is 10.0 Å². The van der Waals surface area contributed by atoms with E-state index in [1.165, 1.54) is 6.08 Å². The van der Waals surface area contributed by atoms with Crippen molar-refractivity contribution in [2.75, 3.05) is 7.11 Å². The first-order valence-corrected chi connectivity index (χ1v) is 12.6. The zero-order chi connectivity index (χ0) is 24.4. The summed E-state index contributed by atoms with van der Waals surface area (Å²) in [6.45, 7) is -0.0847. The maximum absolute atomic E-state index is 12.8. The molecule has 1 aliphatic rings. The van der Waals surface area contributed by atoms with Crippen molar-refractivity contribution in [2.45, 2.75) is 50.9 Å². The molecule has 1 saturated carbocycles. The maximum atomic E-state index is 12.8. The lowest BCUT2D eigenvalue weighted by Crippen LogP contribution is -2.43. The number of methoxy groups -OCH3 is 1. The molecule has 0 amide bonds. The van der Waals surface area contributed by atoms with E-state index in [1.54, 1.807) is 55.6 Å². The lowest BCUT2D eigenvalue weighted by atomic mass is 10.2. The first kappa shape index (κ1) is 25.5. The Morgan fingerprint density at radius 3 is 2.38 bits per heavy atom. The van der Waals surface area contributed by atoms with Crippen LogP contribution in [-0.2, 0) is 35.7 Å². The fourth-order valence-corrected chi connectivity index (χ4v) is 4.52. The number of esters is 2. The Hall–Kier alpha value is -3.17. The van der Waals surface area contributed by atoms with Crippen LogP contribution in [0.5, 0.6) is 5.75 Å². The highest BCUT2D eigenvalue weighted by Gasteiger charge is 2.30. The molecule has 0 radical (unpaired) electrons. The normalized spacial score (nSPS) is 15.2. The van der Waals surface area contributed by atoms with Crippen LogP contribution in [0.1, 0.15) is 43.2 Å². The van der Waals surface area contributed by atoms with Gasteiger partial charge in [0, 0.05) is 5.41 Å². The Bertz CT molecular complexity index is 1080. The Morgan fingerprint density at radius 2 is 1.74 bits per heavy atom.